The number of amides is 1. The molecule has 1 aromatic carbocycles. The van der Waals surface area contributed by atoms with Crippen molar-refractivity contribution in [2.45, 2.75) is 26.3 Å². The molecule has 0 radical (unpaired) electrons. The van der Waals surface area contributed by atoms with Gasteiger partial charge < -0.3 is 15.2 Å². The predicted molar refractivity (Wildman–Crippen MR) is 76.3 cm³/mol. The zero-order valence-corrected chi connectivity index (χ0v) is 12.4. The van der Waals surface area contributed by atoms with Crippen molar-refractivity contribution in [3.8, 4) is 5.75 Å². The molecular formula is C14H18ClNO4. The Morgan fingerprint density at radius 3 is 2.60 bits per heavy atom. The first-order valence-corrected chi connectivity index (χ1v) is 6.65. The molecular weight excluding hydrogens is 282 g/mol. The number of benzene rings is 1. The third-order valence-corrected chi connectivity index (χ3v) is 3.49. The minimum absolute atomic E-state index is 0.161. The van der Waals surface area contributed by atoms with Gasteiger partial charge in [0.2, 0.25) is 0 Å². The van der Waals surface area contributed by atoms with Crippen LogP contribution >= 0.6 is 11.6 Å². The lowest BCUT2D eigenvalue weighted by Gasteiger charge is -2.20. The van der Waals surface area contributed by atoms with Gasteiger partial charge in [-0.1, -0.05) is 31.9 Å². The van der Waals surface area contributed by atoms with Crippen LogP contribution in [0.3, 0.4) is 0 Å². The normalized spacial score (nSPS) is 13.4. The summed E-state index contributed by atoms with van der Waals surface area (Å²) in [6.07, 6.45) is 0.654. The van der Waals surface area contributed by atoms with Crippen molar-refractivity contribution < 1.29 is 19.4 Å². The van der Waals surface area contributed by atoms with Crippen LogP contribution in [0.15, 0.2) is 18.2 Å². The predicted octanol–water partition coefficient (Wildman–Crippen LogP) is 2.58. The molecule has 0 aliphatic rings. The summed E-state index contributed by atoms with van der Waals surface area (Å²) in [7, 11) is 1.45. The molecule has 0 unspecified atom stereocenters. The fraction of sp³-hybridized carbons (Fsp3) is 0.429. The molecule has 1 amide bonds. The molecule has 0 fully saturated rings. The van der Waals surface area contributed by atoms with E-state index < -0.39 is 17.9 Å². The van der Waals surface area contributed by atoms with E-state index in [2.05, 4.69) is 5.32 Å². The van der Waals surface area contributed by atoms with Gasteiger partial charge in [-0.25, -0.2) is 4.79 Å². The van der Waals surface area contributed by atoms with Crippen molar-refractivity contribution in [1.29, 1.82) is 0 Å². The molecule has 0 heterocycles. The molecule has 0 aliphatic carbocycles. The lowest BCUT2D eigenvalue weighted by molar-refractivity contribution is -0.140. The Hall–Kier alpha value is -1.75. The average Bonchev–Trinajstić information content (AvgIpc) is 2.43. The second-order valence-corrected chi connectivity index (χ2v) is 4.93. The van der Waals surface area contributed by atoms with E-state index in [9.17, 15) is 9.59 Å². The number of hydrogen-bond donors (Lipinski definition) is 2. The lowest BCUT2D eigenvalue weighted by Crippen LogP contribution is -2.45. The zero-order chi connectivity index (χ0) is 15.3. The molecule has 1 rings (SSSR count). The van der Waals surface area contributed by atoms with Crippen LogP contribution in [0.2, 0.25) is 5.02 Å². The van der Waals surface area contributed by atoms with Gasteiger partial charge in [0.05, 0.1) is 12.1 Å². The maximum atomic E-state index is 12.1. The number of methoxy groups -OCH3 is 1. The summed E-state index contributed by atoms with van der Waals surface area (Å²) in [6, 6.07) is 3.62. The van der Waals surface area contributed by atoms with Crippen molar-refractivity contribution in [1.82, 2.24) is 5.32 Å². The molecule has 1 aromatic rings. The molecule has 0 aliphatic heterocycles. The van der Waals surface area contributed by atoms with E-state index in [0.717, 1.165) is 0 Å². The van der Waals surface area contributed by atoms with Crippen LogP contribution in [0, 0.1) is 5.92 Å². The Labute approximate surface area is 122 Å². The first kappa shape index (κ1) is 16.3. The molecule has 5 nitrogen and oxygen atoms in total. The van der Waals surface area contributed by atoms with Gasteiger partial charge in [-0.3, -0.25) is 4.79 Å². The van der Waals surface area contributed by atoms with E-state index in [0.29, 0.717) is 22.8 Å². The highest BCUT2D eigenvalue weighted by atomic mass is 35.5. The maximum Gasteiger partial charge on any atom is 0.326 e. The van der Waals surface area contributed by atoms with E-state index in [4.69, 9.17) is 21.4 Å². The standard InChI is InChI=1S/C14H18ClNO4/c1-4-8(2)12(14(18)19)16-13(17)9-5-6-10(15)11(7-9)20-3/h5-8,12H,4H2,1-3H3,(H,16,17)(H,18,19)/t8-,12-/m0/s1. The Bertz CT molecular complexity index is 504. The van der Waals surface area contributed by atoms with Crippen LogP contribution in [0.5, 0.6) is 5.75 Å². The molecule has 0 aromatic heterocycles. The van der Waals surface area contributed by atoms with Crippen molar-refractivity contribution in [2.24, 2.45) is 5.92 Å². The summed E-state index contributed by atoms with van der Waals surface area (Å²) in [6.45, 7) is 3.65. The first-order chi connectivity index (χ1) is 9.40. The van der Waals surface area contributed by atoms with Crippen LogP contribution < -0.4 is 10.1 Å². The average molecular weight is 300 g/mol. The van der Waals surface area contributed by atoms with Crippen LogP contribution in [0.4, 0.5) is 0 Å². The highest BCUT2D eigenvalue weighted by molar-refractivity contribution is 6.32. The van der Waals surface area contributed by atoms with E-state index >= 15 is 0 Å². The smallest absolute Gasteiger partial charge is 0.326 e. The number of carboxylic acid groups (broad SMARTS) is 1. The Balaban J connectivity index is 2.92. The number of ether oxygens (including phenoxy) is 1. The Morgan fingerprint density at radius 2 is 2.10 bits per heavy atom. The summed E-state index contributed by atoms with van der Waals surface area (Å²) in [5.74, 6) is -1.30. The molecule has 0 saturated heterocycles. The van der Waals surface area contributed by atoms with Crippen molar-refractivity contribution in [3.63, 3.8) is 0 Å². The van der Waals surface area contributed by atoms with Crippen molar-refractivity contribution >= 4 is 23.5 Å². The van der Waals surface area contributed by atoms with Gasteiger partial charge in [0.1, 0.15) is 11.8 Å². The van der Waals surface area contributed by atoms with Crippen LogP contribution in [-0.4, -0.2) is 30.1 Å². The molecule has 2 atom stereocenters. The fourth-order valence-corrected chi connectivity index (χ4v) is 1.90. The van der Waals surface area contributed by atoms with E-state index in [-0.39, 0.29) is 5.92 Å². The summed E-state index contributed by atoms with van der Waals surface area (Å²) >= 11 is 5.88. The molecule has 0 saturated carbocycles. The van der Waals surface area contributed by atoms with E-state index in [1.807, 2.05) is 6.92 Å². The fourth-order valence-electron chi connectivity index (χ4n) is 1.71. The number of rotatable bonds is 6. The molecule has 2 N–H and O–H groups in total. The van der Waals surface area contributed by atoms with Gasteiger partial charge in [-0.2, -0.15) is 0 Å². The quantitative estimate of drug-likeness (QED) is 0.846. The SMILES string of the molecule is CC[C@H](C)[C@H](NC(=O)c1ccc(Cl)c(OC)c1)C(=O)O. The summed E-state index contributed by atoms with van der Waals surface area (Å²) in [5.41, 5.74) is 0.306. The van der Waals surface area contributed by atoms with Crippen molar-refractivity contribution in [2.75, 3.05) is 7.11 Å². The lowest BCUT2D eigenvalue weighted by atomic mass is 9.99. The molecule has 6 heteroatoms. The van der Waals surface area contributed by atoms with Crippen LogP contribution in [0.25, 0.3) is 0 Å². The van der Waals surface area contributed by atoms with Gasteiger partial charge in [-0.15, -0.1) is 0 Å². The second-order valence-electron chi connectivity index (χ2n) is 4.52. The maximum absolute atomic E-state index is 12.1. The van der Waals surface area contributed by atoms with Gasteiger partial charge in [0, 0.05) is 5.56 Å². The van der Waals surface area contributed by atoms with Gasteiger partial charge >= 0.3 is 5.97 Å². The van der Waals surface area contributed by atoms with Gasteiger partial charge in [0.15, 0.2) is 0 Å². The molecule has 110 valence electrons. The minimum Gasteiger partial charge on any atom is -0.495 e. The summed E-state index contributed by atoms with van der Waals surface area (Å²) in [4.78, 5) is 23.3. The van der Waals surface area contributed by atoms with Gasteiger partial charge in [-0.05, 0) is 24.1 Å². The highest BCUT2D eigenvalue weighted by Gasteiger charge is 2.25. The molecule has 0 bridgehead atoms. The van der Waals surface area contributed by atoms with E-state index in [1.165, 1.54) is 25.3 Å². The number of hydrogen-bond acceptors (Lipinski definition) is 3. The number of carbonyl (C=O) groups excluding carboxylic acids is 1. The Kier molecular flexibility index (Phi) is 5.82. The second kappa shape index (κ2) is 7.14. The third kappa shape index (κ3) is 3.87. The Morgan fingerprint density at radius 1 is 1.45 bits per heavy atom. The number of carbonyl (C=O) groups is 2. The van der Waals surface area contributed by atoms with Crippen LogP contribution in [-0.2, 0) is 4.79 Å². The summed E-state index contributed by atoms with van der Waals surface area (Å²) in [5, 5.41) is 12.1. The third-order valence-electron chi connectivity index (χ3n) is 3.18. The minimum atomic E-state index is -1.05. The van der Waals surface area contributed by atoms with Gasteiger partial charge in [0.25, 0.3) is 5.91 Å². The molecule has 20 heavy (non-hydrogen) atoms. The topological polar surface area (TPSA) is 75.6 Å². The largest absolute Gasteiger partial charge is 0.495 e. The first-order valence-electron chi connectivity index (χ1n) is 6.27. The van der Waals surface area contributed by atoms with E-state index in [1.54, 1.807) is 6.92 Å². The number of halogens is 1. The molecule has 0 spiro atoms. The van der Waals surface area contributed by atoms with Crippen molar-refractivity contribution in [3.05, 3.63) is 28.8 Å². The number of carboxylic acids is 1. The zero-order valence-electron chi connectivity index (χ0n) is 11.6. The monoisotopic (exact) mass is 299 g/mol. The summed E-state index contributed by atoms with van der Waals surface area (Å²) < 4.78 is 5.03. The number of aliphatic carboxylic acids is 1. The highest BCUT2D eigenvalue weighted by Crippen LogP contribution is 2.25. The number of nitrogens with one attached hydrogen (secondary N) is 1. The van der Waals surface area contributed by atoms with Crippen LogP contribution in [0.1, 0.15) is 30.6 Å².